The summed E-state index contributed by atoms with van der Waals surface area (Å²) in [5.74, 6) is -0.363. The van der Waals surface area contributed by atoms with E-state index < -0.39 is 10.0 Å². The van der Waals surface area contributed by atoms with E-state index in [4.69, 9.17) is 11.6 Å². The number of carbonyl (C=O) groups excluding carboxylic acids is 1. The van der Waals surface area contributed by atoms with Gasteiger partial charge in [0.2, 0.25) is 5.91 Å². The van der Waals surface area contributed by atoms with Gasteiger partial charge in [-0.1, -0.05) is 42.8 Å². The minimum atomic E-state index is -3.92. The highest BCUT2D eigenvalue weighted by Gasteiger charge is 2.28. The number of benzene rings is 2. The van der Waals surface area contributed by atoms with Crippen molar-refractivity contribution in [2.24, 2.45) is 0 Å². The second-order valence-electron chi connectivity index (χ2n) is 6.13. The number of hydrogen-bond donors (Lipinski definition) is 1. The Morgan fingerprint density at radius 1 is 1.19 bits per heavy atom. The lowest BCUT2D eigenvalue weighted by Crippen LogP contribution is -2.43. The molecule has 0 saturated heterocycles. The molecule has 2 aromatic carbocycles. The fourth-order valence-electron chi connectivity index (χ4n) is 2.42. The number of amides is 1. The van der Waals surface area contributed by atoms with E-state index in [1.165, 1.54) is 12.1 Å². The lowest BCUT2D eigenvalue weighted by Gasteiger charge is -2.26. The quantitative estimate of drug-likeness (QED) is 0.777. The average molecular weight is 395 g/mol. The SMILES string of the molecule is CC[C@H](C)NC(=O)CN(c1cc(Cl)ccc1C)S(=O)(=O)c1ccccc1. The van der Waals surface area contributed by atoms with E-state index >= 15 is 0 Å². The number of aryl methyl sites for hydroxylation is 1. The Labute approximate surface area is 160 Å². The van der Waals surface area contributed by atoms with Gasteiger partial charge in [0.05, 0.1) is 10.6 Å². The van der Waals surface area contributed by atoms with Crippen LogP contribution in [0, 0.1) is 6.92 Å². The molecule has 0 aliphatic carbocycles. The van der Waals surface area contributed by atoms with Gasteiger partial charge in [-0.3, -0.25) is 9.10 Å². The maximum atomic E-state index is 13.2. The molecule has 0 heterocycles. The Hall–Kier alpha value is -2.05. The lowest BCUT2D eigenvalue weighted by molar-refractivity contribution is -0.120. The van der Waals surface area contributed by atoms with Crippen LogP contribution in [-0.2, 0) is 14.8 Å². The van der Waals surface area contributed by atoms with Crippen molar-refractivity contribution in [1.82, 2.24) is 5.32 Å². The molecule has 0 unspecified atom stereocenters. The zero-order valence-corrected chi connectivity index (χ0v) is 16.6. The molecule has 0 fully saturated rings. The Balaban J connectivity index is 2.49. The minimum Gasteiger partial charge on any atom is -0.352 e. The standard InChI is InChI=1S/C19H23ClN2O3S/c1-4-15(3)21-19(23)13-22(18-12-16(20)11-10-14(18)2)26(24,25)17-8-6-5-7-9-17/h5-12,15H,4,13H2,1-3H3,(H,21,23)/t15-/m0/s1. The van der Waals surface area contributed by atoms with E-state index in [2.05, 4.69) is 5.32 Å². The van der Waals surface area contributed by atoms with Crippen molar-refractivity contribution in [3.05, 3.63) is 59.1 Å². The lowest BCUT2D eigenvalue weighted by atomic mass is 10.2. The van der Waals surface area contributed by atoms with Crippen LogP contribution in [0.2, 0.25) is 5.02 Å². The van der Waals surface area contributed by atoms with Crippen molar-refractivity contribution in [2.45, 2.75) is 38.1 Å². The van der Waals surface area contributed by atoms with Crippen LogP contribution in [0.1, 0.15) is 25.8 Å². The molecule has 5 nitrogen and oxygen atoms in total. The van der Waals surface area contributed by atoms with E-state index in [1.807, 2.05) is 13.8 Å². The van der Waals surface area contributed by atoms with Gasteiger partial charge in [0.1, 0.15) is 6.54 Å². The topological polar surface area (TPSA) is 66.5 Å². The first-order valence-electron chi connectivity index (χ1n) is 8.39. The molecule has 0 radical (unpaired) electrons. The normalized spacial score (nSPS) is 12.5. The van der Waals surface area contributed by atoms with Crippen molar-refractivity contribution in [2.75, 3.05) is 10.8 Å². The average Bonchev–Trinajstić information content (AvgIpc) is 2.62. The first-order chi connectivity index (χ1) is 12.3. The molecule has 0 bridgehead atoms. The number of rotatable bonds is 7. The van der Waals surface area contributed by atoms with Crippen molar-refractivity contribution >= 4 is 33.2 Å². The fourth-order valence-corrected chi connectivity index (χ4v) is 4.09. The summed E-state index contributed by atoms with van der Waals surface area (Å²) in [6.45, 7) is 5.29. The third kappa shape index (κ3) is 4.77. The summed E-state index contributed by atoms with van der Waals surface area (Å²) < 4.78 is 27.5. The molecular weight excluding hydrogens is 372 g/mol. The fraction of sp³-hybridized carbons (Fsp3) is 0.316. The molecule has 0 aliphatic heterocycles. The Morgan fingerprint density at radius 3 is 2.46 bits per heavy atom. The summed E-state index contributed by atoms with van der Waals surface area (Å²) in [4.78, 5) is 12.5. The van der Waals surface area contributed by atoms with Crippen LogP contribution in [0.4, 0.5) is 5.69 Å². The summed E-state index contributed by atoms with van der Waals surface area (Å²) in [6, 6.07) is 13.0. The predicted octanol–water partition coefficient (Wildman–Crippen LogP) is 3.76. The summed E-state index contributed by atoms with van der Waals surface area (Å²) in [5.41, 5.74) is 1.10. The third-order valence-electron chi connectivity index (χ3n) is 4.08. The first-order valence-corrected chi connectivity index (χ1v) is 10.2. The van der Waals surface area contributed by atoms with E-state index in [1.54, 1.807) is 43.3 Å². The van der Waals surface area contributed by atoms with Crippen LogP contribution in [-0.4, -0.2) is 26.9 Å². The van der Waals surface area contributed by atoms with Crippen molar-refractivity contribution in [3.63, 3.8) is 0 Å². The summed E-state index contributed by atoms with van der Waals surface area (Å²) in [6.07, 6.45) is 0.757. The zero-order chi connectivity index (χ0) is 19.3. The number of carbonyl (C=O) groups is 1. The van der Waals surface area contributed by atoms with Gasteiger partial charge in [-0.2, -0.15) is 0 Å². The molecule has 0 spiro atoms. The number of hydrogen-bond acceptors (Lipinski definition) is 3. The molecule has 2 aromatic rings. The van der Waals surface area contributed by atoms with Gasteiger partial charge in [-0.05, 0) is 50.1 Å². The molecule has 0 aliphatic rings. The Bertz CT molecular complexity index is 870. The largest absolute Gasteiger partial charge is 0.352 e. The molecule has 0 aromatic heterocycles. The van der Waals surface area contributed by atoms with E-state index in [-0.39, 0.29) is 23.4 Å². The highest BCUT2D eigenvalue weighted by Crippen LogP contribution is 2.29. The molecule has 1 amide bonds. The van der Waals surface area contributed by atoms with Crippen LogP contribution < -0.4 is 9.62 Å². The molecule has 140 valence electrons. The second-order valence-corrected chi connectivity index (χ2v) is 8.43. The van der Waals surface area contributed by atoms with Gasteiger partial charge in [-0.25, -0.2) is 8.42 Å². The Kier molecular flexibility index (Phi) is 6.67. The highest BCUT2D eigenvalue weighted by molar-refractivity contribution is 7.92. The third-order valence-corrected chi connectivity index (χ3v) is 6.09. The van der Waals surface area contributed by atoms with Gasteiger partial charge < -0.3 is 5.32 Å². The Morgan fingerprint density at radius 2 is 1.85 bits per heavy atom. The van der Waals surface area contributed by atoms with Crippen LogP contribution in [0.15, 0.2) is 53.4 Å². The van der Waals surface area contributed by atoms with Gasteiger partial charge >= 0.3 is 0 Å². The number of anilines is 1. The number of sulfonamides is 1. The number of nitrogens with zero attached hydrogens (tertiary/aromatic N) is 1. The van der Waals surface area contributed by atoms with E-state index in [0.717, 1.165) is 10.7 Å². The molecule has 1 N–H and O–H groups in total. The first kappa shape index (κ1) is 20.3. The van der Waals surface area contributed by atoms with Gasteiger partial charge in [-0.15, -0.1) is 0 Å². The van der Waals surface area contributed by atoms with Crippen molar-refractivity contribution in [3.8, 4) is 0 Å². The maximum Gasteiger partial charge on any atom is 0.264 e. The molecular formula is C19H23ClN2O3S. The maximum absolute atomic E-state index is 13.2. The summed E-state index contributed by atoms with van der Waals surface area (Å²) >= 11 is 6.08. The van der Waals surface area contributed by atoms with E-state index in [9.17, 15) is 13.2 Å². The van der Waals surface area contributed by atoms with Crippen molar-refractivity contribution < 1.29 is 13.2 Å². The van der Waals surface area contributed by atoms with E-state index in [0.29, 0.717) is 16.3 Å². The zero-order valence-electron chi connectivity index (χ0n) is 15.1. The van der Waals surface area contributed by atoms with Gasteiger partial charge in [0.15, 0.2) is 0 Å². The van der Waals surface area contributed by atoms with Crippen LogP contribution in [0.5, 0.6) is 0 Å². The molecule has 0 saturated carbocycles. The number of halogens is 1. The van der Waals surface area contributed by atoms with Gasteiger partial charge in [0.25, 0.3) is 10.0 Å². The summed E-state index contributed by atoms with van der Waals surface area (Å²) in [7, 11) is -3.92. The smallest absolute Gasteiger partial charge is 0.264 e. The number of nitrogens with one attached hydrogen (secondary N) is 1. The molecule has 2 rings (SSSR count). The van der Waals surface area contributed by atoms with Gasteiger partial charge in [0, 0.05) is 11.1 Å². The summed E-state index contributed by atoms with van der Waals surface area (Å²) in [5, 5.41) is 3.21. The predicted molar refractivity (Wildman–Crippen MR) is 105 cm³/mol. The highest BCUT2D eigenvalue weighted by atomic mass is 35.5. The second kappa shape index (κ2) is 8.56. The van der Waals surface area contributed by atoms with Crippen LogP contribution in [0.25, 0.3) is 0 Å². The molecule has 26 heavy (non-hydrogen) atoms. The van der Waals surface area contributed by atoms with Crippen LogP contribution in [0.3, 0.4) is 0 Å². The molecule has 7 heteroatoms. The monoisotopic (exact) mass is 394 g/mol. The van der Waals surface area contributed by atoms with Crippen molar-refractivity contribution in [1.29, 1.82) is 0 Å². The van der Waals surface area contributed by atoms with Crippen LogP contribution >= 0.6 is 11.6 Å². The minimum absolute atomic E-state index is 0.0377. The molecule has 1 atom stereocenters.